The Balaban J connectivity index is 1.40. The maximum absolute atomic E-state index is 14.8. The zero-order valence-electron chi connectivity index (χ0n) is 33.9. The molecule has 4 heterocycles. The Kier molecular flexibility index (Phi) is 13.2. The third kappa shape index (κ3) is 8.75. The molecule has 8 atom stereocenters. The highest BCUT2D eigenvalue weighted by Crippen LogP contribution is 2.40. The lowest BCUT2D eigenvalue weighted by Crippen LogP contribution is -2.53. The van der Waals surface area contributed by atoms with Crippen molar-refractivity contribution in [3.63, 3.8) is 0 Å². The Morgan fingerprint density at radius 3 is 1.43 bits per heavy atom. The molecule has 58 heavy (non-hydrogen) atoms. The molecule has 16 heteroatoms. The highest BCUT2D eigenvalue weighted by atomic mass is 19.1. The van der Waals surface area contributed by atoms with E-state index in [9.17, 15) is 38.2 Å². The summed E-state index contributed by atoms with van der Waals surface area (Å²) in [5.74, 6) is -2.21. The smallest absolute Gasteiger partial charge is 0.245 e. The number of β-amino-alcohol motifs (C(OH)–C–C–N with tert-alkyl or cyclic N) is 2. The van der Waals surface area contributed by atoms with Gasteiger partial charge in [-0.1, -0.05) is 13.8 Å². The van der Waals surface area contributed by atoms with Crippen molar-refractivity contribution in [2.75, 3.05) is 27.2 Å². The molecule has 314 valence electrons. The molecule has 2 saturated heterocycles. The van der Waals surface area contributed by atoms with Crippen LogP contribution in [0.1, 0.15) is 64.5 Å². The third-order valence-corrected chi connectivity index (χ3v) is 11.9. The molecule has 0 radical (unpaired) electrons. The van der Waals surface area contributed by atoms with Crippen LogP contribution in [0.3, 0.4) is 0 Å². The van der Waals surface area contributed by atoms with E-state index in [2.05, 4.69) is 31.2 Å². The number of likely N-dealkylation sites (N-methyl/N-ethyl adjacent to an activating group) is 2. The first-order valence-corrected chi connectivity index (χ1v) is 20.2. The Morgan fingerprint density at radius 1 is 0.707 bits per heavy atom. The lowest BCUT2D eigenvalue weighted by Gasteiger charge is -2.30. The predicted molar refractivity (Wildman–Crippen MR) is 217 cm³/mol. The Hall–Kier alpha value is -4.90. The third-order valence-electron chi connectivity index (χ3n) is 11.9. The minimum Gasteiger partial charge on any atom is -0.391 e. The molecule has 2 aliphatic heterocycles. The number of amides is 4. The number of nitrogens with zero attached hydrogens (tertiary/aromatic N) is 2. The van der Waals surface area contributed by atoms with E-state index in [1.165, 1.54) is 24.3 Å². The first kappa shape index (κ1) is 42.7. The summed E-state index contributed by atoms with van der Waals surface area (Å²) in [6.07, 6.45) is 0.0738. The van der Waals surface area contributed by atoms with Gasteiger partial charge in [0, 0.05) is 47.0 Å². The summed E-state index contributed by atoms with van der Waals surface area (Å²) < 4.78 is 29.6. The number of hydrogen-bond acceptors (Lipinski definition) is 8. The van der Waals surface area contributed by atoms with E-state index in [1.54, 1.807) is 49.9 Å². The van der Waals surface area contributed by atoms with E-state index in [0.29, 0.717) is 46.0 Å². The Labute approximate surface area is 336 Å². The number of fused-ring (bicyclic) bond motifs is 2. The first-order chi connectivity index (χ1) is 27.7. The van der Waals surface area contributed by atoms with Crippen LogP contribution in [0.25, 0.3) is 33.2 Å². The van der Waals surface area contributed by atoms with Crippen LogP contribution in [-0.4, -0.2) is 129 Å². The number of nitrogens with one attached hydrogen (secondary N) is 6. The quantitative estimate of drug-likeness (QED) is 0.0899. The fraction of sp³-hybridized carbons (Fsp3) is 0.524. The minimum atomic E-state index is -0.817. The van der Waals surface area contributed by atoms with E-state index < -0.39 is 60.1 Å². The lowest BCUT2D eigenvalue weighted by molar-refractivity contribution is -0.138. The van der Waals surface area contributed by atoms with Gasteiger partial charge in [0.05, 0.1) is 35.7 Å². The molecule has 0 unspecified atom stereocenters. The van der Waals surface area contributed by atoms with Crippen LogP contribution in [0.15, 0.2) is 36.4 Å². The number of halogens is 2. The molecular formula is C42H56F2N8O6. The van der Waals surface area contributed by atoms with E-state index in [-0.39, 0.29) is 62.4 Å². The molecule has 2 aliphatic rings. The second-order valence-corrected chi connectivity index (χ2v) is 15.8. The molecule has 0 spiro atoms. The van der Waals surface area contributed by atoms with Crippen molar-refractivity contribution in [3.8, 4) is 11.4 Å². The molecule has 4 amide bonds. The fourth-order valence-corrected chi connectivity index (χ4v) is 8.42. The minimum absolute atomic E-state index is 0.0711. The summed E-state index contributed by atoms with van der Waals surface area (Å²) in [5.41, 5.74) is 3.58. The zero-order chi connectivity index (χ0) is 42.0. The van der Waals surface area contributed by atoms with Crippen molar-refractivity contribution in [2.24, 2.45) is 0 Å². The van der Waals surface area contributed by atoms with Crippen molar-refractivity contribution in [2.45, 2.75) is 115 Å². The number of H-pyrrole nitrogens is 2. The Morgan fingerprint density at radius 2 is 1.09 bits per heavy atom. The van der Waals surface area contributed by atoms with Crippen LogP contribution < -0.4 is 21.3 Å². The Bertz CT molecular complexity index is 2010. The first-order valence-electron chi connectivity index (χ1n) is 20.2. The molecule has 2 fully saturated rings. The molecule has 2 aromatic heterocycles. The van der Waals surface area contributed by atoms with Gasteiger partial charge in [0.15, 0.2) is 0 Å². The van der Waals surface area contributed by atoms with Gasteiger partial charge >= 0.3 is 0 Å². The van der Waals surface area contributed by atoms with Gasteiger partial charge in [-0.3, -0.25) is 19.2 Å². The topological polar surface area (TPSA) is 195 Å². The number of carbonyl (C=O) groups is 4. The largest absolute Gasteiger partial charge is 0.391 e. The molecule has 8 N–H and O–H groups in total. The van der Waals surface area contributed by atoms with Crippen LogP contribution in [0, 0.1) is 11.6 Å². The van der Waals surface area contributed by atoms with E-state index >= 15 is 0 Å². The fourth-order valence-electron chi connectivity index (χ4n) is 8.42. The van der Waals surface area contributed by atoms with Gasteiger partial charge in [0.2, 0.25) is 23.6 Å². The van der Waals surface area contributed by atoms with Crippen LogP contribution in [0.2, 0.25) is 0 Å². The monoisotopic (exact) mass is 806 g/mol. The van der Waals surface area contributed by atoms with E-state index in [4.69, 9.17) is 0 Å². The van der Waals surface area contributed by atoms with Gasteiger partial charge < -0.3 is 51.2 Å². The van der Waals surface area contributed by atoms with Crippen molar-refractivity contribution in [1.82, 2.24) is 41.0 Å². The molecule has 6 rings (SSSR count). The number of benzene rings is 2. The summed E-state index contributed by atoms with van der Waals surface area (Å²) >= 11 is 0. The average molecular weight is 807 g/mol. The van der Waals surface area contributed by atoms with Gasteiger partial charge in [0.25, 0.3) is 0 Å². The van der Waals surface area contributed by atoms with Gasteiger partial charge in [-0.2, -0.15) is 0 Å². The molecule has 14 nitrogen and oxygen atoms in total. The maximum atomic E-state index is 14.8. The normalized spacial score (nSPS) is 21.7. The van der Waals surface area contributed by atoms with Gasteiger partial charge in [-0.05, 0) is 114 Å². The average Bonchev–Trinajstić information content (AvgIpc) is 3.96. The summed E-state index contributed by atoms with van der Waals surface area (Å²) in [7, 11) is 3.31. The number of aromatic amines is 2. The maximum Gasteiger partial charge on any atom is 0.245 e. The van der Waals surface area contributed by atoms with E-state index in [1.807, 2.05) is 13.8 Å². The molecule has 4 aromatic rings. The summed E-state index contributed by atoms with van der Waals surface area (Å²) in [6.45, 7) is 7.15. The number of aliphatic hydroxyl groups excluding tert-OH is 2. The molecule has 0 bridgehead atoms. The van der Waals surface area contributed by atoms with Crippen LogP contribution >= 0.6 is 0 Å². The van der Waals surface area contributed by atoms with Crippen molar-refractivity contribution >= 4 is 45.4 Å². The number of aromatic nitrogens is 2. The molecule has 2 aromatic carbocycles. The molecular weight excluding hydrogens is 751 g/mol. The second-order valence-electron chi connectivity index (χ2n) is 15.8. The SMILES string of the molecule is CC[C@@H](NC(=O)[C@H](C)NC)C(=O)N1C[C@@H](O)C[C@H]1Cc1c(-c2[nH]c3cc(F)ccc3c2C[C@H]2C[C@H](O)CN2C(=O)[C@@H](CC)NC(=O)[C@H](C)NC)[nH]c2cc(F)ccc12. The number of carbonyl (C=O) groups excluding carboxylic acids is 4. The van der Waals surface area contributed by atoms with Crippen LogP contribution in [0.4, 0.5) is 8.78 Å². The van der Waals surface area contributed by atoms with E-state index in [0.717, 1.165) is 11.1 Å². The lowest BCUT2D eigenvalue weighted by atomic mass is 9.94. The standard InChI is InChI=1S/C42H56F2N8O6/c1-7-33(49-39(55)21(3)45-5)41(57)51-19-27(53)15-25(51)17-31-29-11-9-23(43)13-35(29)47-37(31)38-32(30-12-10-24(44)14-36(30)48-38)18-26-16-28(54)20-52(26)42(58)34(8-2)50-40(56)22(4)46-6/h9-14,21-22,25-28,33-34,45-48,53-54H,7-8,15-20H2,1-6H3,(H,49,55)(H,50,56)/t21-,22-,25-,26+,27-,28-,33+,34+/m0/s1. The van der Waals surface area contributed by atoms with Crippen molar-refractivity contribution in [3.05, 3.63) is 59.2 Å². The van der Waals surface area contributed by atoms with Gasteiger partial charge in [-0.25, -0.2) is 8.78 Å². The number of hydrogen-bond donors (Lipinski definition) is 8. The summed E-state index contributed by atoms with van der Waals surface area (Å²) in [6, 6.07) is 5.13. The summed E-state index contributed by atoms with van der Waals surface area (Å²) in [4.78, 5) is 63.7. The van der Waals surface area contributed by atoms with Gasteiger partial charge in [0.1, 0.15) is 23.7 Å². The van der Waals surface area contributed by atoms with Crippen LogP contribution in [-0.2, 0) is 32.0 Å². The van der Waals surface area contributed by atoms with Crippen LogP contribution in [0.5, 0.6) is 0 Å². The zero-order valence-corrected chi connectivity index (χ0v) is 33.9. The van der Waals surface area contributed by atoms with Crippen molar-refractivity contribution < 1.29 is 38.2 Å². The molecule has 0 aliphatic carbocycles. The summed E-state index contributed by atoms with van der Waals surface area (Å²) in [5, 5.41) is 34.7. The molecule has 0 saturated carbocycles. The number of aliphatic hydroxyl groups is 2. The van der Waals surface area contributed by atoms with Gasteiger partial charge in [-0.15, -0.1) is 0 Å². The number of likely N-dealkylation sites (tertiary alicyclic amines) is 2. The van der Waals surface area contributed by atoms with Crippen molar-refractivity contribution in [1.29, 1.82) is 0 Å². The predicted octanol–water partition coefficient (Wildman–Crippen LogP) is 2.61. The second kappa shape index (κ2) is 17.9. The number of rotatable bonds is 15. The highest BCUT2D eigenvalue weighted by Gasteiger charge is 2.41. The highest BCUT2D eigenvalue weighted by molar-refractivity contribution is 5.97.